The maximum Gasteiger partial charge on any atom is 0.230 e. The number of likely N-dealkylation sites (tertiary alicyclic amines) is 1. The minimum absolute atomic E-state index is 0.00440. The summed E-state index contributed by atoms with van der Waals surface area (Å²) in [7, 11) is 0. The molecule has 0 bridgehead atoms. The van der Waals surface area contributed by atoms with Crippen molar-refractivity contribution in [3.8, 4) is 5.75 Å². The number of nitrogens with zero attached hydrogens (tertiary/aromatic N) is 1. The maximum absolute atomic E-state index is 12.7. The van der Waals surface area contributed by atoms with Gasteiger partial charge in [0.15, 0.2) is 0 Å². The molecule has 2 aliphatic rings. The first kappa shape index (κ1) is 12.5. The Hall–Kier alpha value is -1.51. The Morgan fingerprint density at radius 3 is 3.00 bits per heavy atom. The van der Waals surface area contributed by atoms with Crippen molar-refractivity contribution in [2.24, 2.45) is 5.92 Å². The van der Waals surface area contributed by atoms with Gasteiger partial charge in [-0.25, -0.2) is 0 Å². The van der Waals surface area contributed by atoms with Gasteiger partial charge in [0, 0.05) is 18.7 Å². The number of para-hydroxylation sites is 1. The van der Waals surface area contributed by atoms with Crippen molar-refractivity contribution in [3.63, 3.8) is 0 Å². The van der Waals surface area contributed by atoms with Crippen LogP contribution in [0.5, 0.6) is 5.75 Å². The Labute approximate surface area is 114 Å². The second-order valence-corrected chi connectivity index (χ2v) is 5.76. The highest BCUT2D eigenvalue weighted by Gasteiger charge is 2.32. The number of carbonyl (C=O) groups is 1. The van der Waals surface area contributed by atoms with Crippen molar-refractivity contribution < 1.29 is 9.53 Å². The van der Waals surface area contributed by atoms with Gasteiger partial charge in [-0.3, -0.25) is 4.79 Å². The van der Waals surface area contributed by atoms with E-state index in [1.54, 1.807) is 0 Å². The van der Waals surface area contributed by atoms with Gasteiger partial charge in [-0.15, -0.1) is 0 Å². The summed E-state index contributed by atoms with van der Waals surface area (Å²) in [5.41, 5.74) is 1.07. The van der Waals surface area contributed by atoms with Crippen LogP contribution in [0.1, 0.15) is 37.7 Å². The number of hydrogen-bond acceptors (Lipinski definition) is 2. The summed E-state index contributed by atoms with van der Waals surface area (Å²) >= 11 is 0. The topological polar surface area (TPSA) is 29.5 Å². The minimum atomic E-state index is -0.00440. The molecule has 1 aromatic rings. The number of carbonyl (C=O) groups excluding carboxylic acids is 1. The van der Waals surface area contributed by atoms with Crippen LogP contribution in [-0.2, 0) is 4.79 Å². The molecule has 0 spiro atoms. The fraction of sp³-hybridized carbons (Fsp3) is 0.562. The molecule has 2 unspecified atom stereocenters. The van der Waals surface area contributed by atoms with Crippen molar-refractivity contribution in [3.05, 3.63) is 29.8 Å². The van der Waals surface area contributed by atoms with E-state index in [4.69, 9.17) is 4.74 Å². The third-order valence-electron chi connectivity index (χ3n) is 4.23. The lowest BCUT2D eigenvalue weighted by Gasteiger charge is -2.35. The molecule has 0 radical (unpaired) electrons. The second-order valence-electron chi connectivity index (χ2n) is 5.76. The summed E-state index contributed by atoms with van der Waals surface area (Å²) in [6.45, 7) is 4.72. The summed E-state index contributed by atoms with van der Waals surface area (Å²) in [6, 6.07) is 7.96. The normalized spacial score (nSPS) is 26.5. The van der Waals surface area contributed by atoms with Gasteiger partial charge in [0.25, 0.3) is 0 Å². The Morgan fingerprint density at radius 1 is 1.32 bits per heavy atom. The minimum Gasteiger partial charge on any atom is -0.493 e. The zero-order valence-electron chi connectivity index (χ0n) is 11.5. The zero-order chi connectivity index (χ0) is 13.2. The molecule has 1 amide bonds. The van der Waals surface area contributed by atoms with E-state index in [9.17, 15) is 4.79 Å². The number of hydrogen-bond donors (Lipinski definition) is 0. The van der Waals surface area contributed by atoms with E-state index in [0.29, 0.717) is 18.4 Å². The molecule has 2 atom stereocenters. The third-order valence-corrected chi connectivity index (χ3v) is 4.23. The molecule has 1 fully saturated rings. The van der Waals surface area contributed by atoms with Gasteiger partial charge >= 0.3 is 0 Å². The van der Waals surface area contributed by atoms with Crippen LogP contribution in [0.2, 0.25) is 0 Å². The molecular formula is C16H21NO2. The van der Waals surface area contributed by atoms with Gasteiger partial charge in [0.05, 0.1) is 12.5 Å². The standard InChI is InChI=1S/C16H21NO2/c1-12-5-4-9-17(11-12)16(18)14-8-10-19-15-7-3-2-6-13(14)15/h2-3,6-7,12,14H,4-5,8-11H2,1H3. The van der Waals surface area contributed by atoms with Gasteiger partial charge in [-0.1, -0.05) is 25.1 Å². The number of amides is 1. The average molecular weight is 259 g/mol. The van der Waals surface area contributed by atoms with Crippen LogP contribution in [0.15, 0.2) is 24.3 Å². The van der Waals surface area contributed by atoms with Gasteiger partial charge in [-0.05, 0) is 31.2 Å². The van der Waals surface area contributed by atoms with Crippen molar-refractivity contribution in [1.82, 2.24) is 4.90 Å². The Kier molecular flexibility index (Phi) is 3.45. The van der Waals surface area contributed by atoms with Crippen LogP contribution in [-0.4, -0.2) is 30.5 Å². The lowest BCUT2D eigenvalue weighted by atomic mass is 9.90. The highest BCUT2D eigenvalue weighted by molar-refractivity contribution is 5.85. The van der Waals surface area contributed by atoms with Crippen LogP contribution in [0.4, 0.5) is 0 Å². The van der Waals surface area contributed by atoms with E-state index >= 15 is 0 Å². The summed E-state index contributed by atoms with van der Waals surface area (Å²) in [6.07, 6.45) is 3.19. The third kappa shape index (κ3) is 2.46. The molecule has 2 heterocycles. The monoisotopic (exact) mass is 259 g/mol. The molecule has 3 nitrogen and oxygen atoms in total. The van der Waals surface area contributed by atoms with E-state index in [1.807, 2.05) is 24.3 Å². The quantitative estimate of drug-likeness (QED) is 0.776. The molecule has 102 valence electrons. The molecule has 2 aliphatic heterocycles. The first-order valence-corrected chi connectivity index (χ1v) is 7.26. The fourth-order valence-corrected chi connectivity index (χ4v) is 3.21. The van der Waals surface area contributed by atoms with Gasteiger partial charge in [0.2, 0.25) is 5.91 Å². The Balaban J connectivity index is 1.81. The molecule has 19 heavy (non-hydrogen) atoms. The number of benzene rings is 1. The summed E-state index contributed by atoms with van der Waals surface area (Å²) in [4.78, 5) is 14.8. The largest absolute Gasteiger partial charge is 0.493 e. The smallest absolute Gasteiger partial charge is 0.230 e. The van der Waals surface area contributed by atoms with E-state index < -0.39 is 0 Å². The summed E-state index contributed by atoms with van der Waals surface area (Å²) in [5, 5.41) is 0. The van der Waals surface area contributed by atoms with E-state index in [0.717, 1.165) is 37.2 Å². The predicted molar refractivity (Wildman–Crippen MR) is 74.3 cm³/mol. The number of piperidine rings is 1. The molecule has 1 aromatic carbocycles. The van der Waals surface area contributed by atoms with Gasteiger partial charge < -0.3 is 9.64 Å². The second kappa shape index (κ2) is 5.24. The SMILES string of the molecule is CC1CCCN(C(=O)C2CCOc3ccccc32)C1. The van der Waals surface area contributed by atoms with Gasteiger partial charge in [-0.2, -0.15) is 0 Å². The van der Waals surface area contributed by atoms with Crippen molar-refractivity contribution in [1.29, 1.82) is 0 Å². The molecule has 3 heteroatoms. The maximum atomic E-state index is 12.7. The van der Waals surface area contributed by atoms with Crippen molar-refractivity contribution in [2.75, 3.05) is 19.7 Å². The van der Waals surface area contributed by atoms with Crippen LogP contribution in [0, 0.1) is 5.92 Å². The lowest BCUT2D eigenvalue weighted by Crippen LogP contribution is -2.42. The number of rotatable bonds is 1. The molecule has 1 saturated heterocycles. The van der Waals surface area contributed by atoms with Crippen LogP contribution in [0.3, 0.4) is 0 Å². The zero-order valence-corrected chi connectivity index (χ0v) is 11.5. The molecule has 0 aromatic heterocycles. The molecular weight excluding hydrogens is 238 g/mol. The van der Waals surface area contributed by atoms with Crippen LogP contribution < -0.4 is 4.74 Å². The van der Waals surface area contributed by atoms with Crippen molar-refractivity contribution in [2.45, 2.75) is 32.1 Å². The predicted octanol–water partition coefficient (Wildman–Crippen LogP) is 2.81. The lowest BCUT2D eigenvalue weighted by molar-refractivity contribution is -0.135. The fourth-order valence-electron chi connectivity index (χ4n) is 3.21. The molecule has 0 aliphatic carbocycles. The van der Waals surface area contributed by atoms with E-state index in [-0.39, 0.29) is 5.92 Å². The molecule has 3 rings (SSSR count). The Morgan fingerprint density at radius 2 is 2.16 bits per heavy atom. The summed E-state index contributed by atoms with van der Waals surface area (Å²) in [5.74, 6) is 1.81. The first-order valence-electron chi connectivity index (χ1n) is 7.26. The number of fused-ring (bicyclic) bond motifs is 1. The highest BCUT2D eigenvalue weighted by Crippen LogP contribution is 2.35. The molecule has 0 N–H and O–H groups in total. The van der Waals surface area contributed by atoms with E-state index in [2.05, 4.69) is 11.8 Å². The van der Waals surface area contributed by atoms with E-state index in [1.165, 1.54) is 6.42 Å². The Bertz CT molecular complexity index is 472. The summed E-state index contributed by atoms with van der Waals surface area (Å²) < 4.78 is 5.64. The molecule has 0 saturated carbocycles. The van der Waals surface area contributed by atoms with Crippen LogP contribution >= 0.6 is 0 Å². The van der Waals surface area contributed by atoms with Gasteiger partial charge in [0.1, 0.15) is 5.75 Å². The highest BCUT2D eigenvalue weighted by atomic mass is 16.5. The average Bonchev–Trinajstić information content (AvgIpc) is 2.46. The number of ether oxygens (including phenoxy) is 1. The van der Waals surface area contributed by atoms with Crippen LogP contribution in [0.25, 0.3) is 0 Å². The van der Waals surface area contributed by atoms with Crippen molar-refractivity contribution >= 4 is 5.91 Å². The first-order chi connectivity index (χ1) is 9.25.